The Morgan fingerprint density at radius 3 is 2.13 bits per heavy atom. The van der Waals surface area contributed by atoms with Gasteiger partial charge in [0.05, 0.1) is 7.23 Å². The number of ketones is 1. The molecule has 0 aromatic heterocycles. The average molecular weight is 469 g/mol. The maximum absolute atomic E-state index is 12.0. The van der Waals surface area contributed by atoms with Crippen LogP contribution in [0.5, 0.6) is 0 Å². The van der Waals surface area contributed by atoms with Gasteiger partial charge in [-0.05, 0) is 23.6 Å². The van der Waals surface area contributed by atoms with Crippen LogP contribution < -0.4 is 0 Å². The molecule has 1 aliphatic heterocycles. The van der Waals surface area contributed by atoms with E-state index in [1.54, 1.807) is 6.92 Å². The molecule has 6 nitrogen and oxygen atoms in total. The summed E-state index contributed by atoms with van der Waals surface area (Å²) in [7, 11) is 0. The molecule has 2 aromatic carbocycles. The number of rotatable bonds is 7. The minimum Gasteiger partial charge on any atom is -0.460 e. The second-order valence-electron chi connectivity index (χ2n) is 7.15. The lowest BCUT2D eigenvalue weighted by molar-refractivity contribution is -0.167. The fourth-order valence-electron chi connectivity index (χ4n) is 2.52. The molecule has 0 saturated carbocycles. The molecule has 2 aromatic rings. The standard InChI is InChI=1S/C14H15ClO5.C9H9ClO/c1-14(8-19-13(17)20-9-14)12(16)18-7-11-4-2-10(6-15)3-5-11;10-7-9(11)6-8-4-2-1-3-5-8/h2-5H,6-9H2,1H3;1-5H,6-7H2/i;7T. The fourth-order valence-corrected chi connectivity index (χ4v) is 2.78. The Labute approximate surface area is 192 Å². The second kappa shape index (κ2) is 12.3. The quantitative estimate of drug-likeness (QED) is 0.433. The first-order valence-electron chi connectivity index (χ1n) is 10.0. The van der Waals surface area contributed by atoms with Gasteiger partial charge in [-0.1, -0.05) is 54.6 Å². The van der Waals surface area contributed by atoms with Crippen molar-refractivity contribution in [3.8, 4) is 0 Å². The number of esters is 1. The number of ether oxygens (including phenoxy) is 3. The number of hydrogen-bond donors (Lipinski definition) is 0. The second-order valence-corrected chi connectivity index (χ2v) is 7.64. The maximum Gasteiger partial charge on any atom is 0.508 e. The summed E-state index contributed by atoms with van der Waals surface area (Å²) in [6.07, 6.45) is -0.509. The van der Waals surface area contributed by atoms with Gasteiger partial charge in [-0.15, -0.1) is 23.2 Å². The molecule has 0 amide bonds. The van der Waals surface area contributed by atoms with Crippen LogP contribution in [0.3, 0.4) is 0 Å². The predicted octanol–water partition coefficient (Wildman–Crippen LogP) is 4.68. The summed E-state index contributed by atoms with van der Waals surface area (Å²) in [5, 5.41) is 0. The largest absolute Gasteiger partial charge is 0.508 e. The molecule has 0 N–H and O–H groups in total. The first-order chi connectivity index (χ1) is 15.2. The van der Waals surface area contributed by atoms with Crippen molar-refractivity contribution in [3.63, 3.8) is 0 Å². The van der Waals surface area contributed by atoms with Crippen molar-refractivity contribution in [2.75, 3.05) is 19.1 Å². The van der Waals surface area contributed by atoms with E-state index in [9.17, 15) is 14.4 Å². The Kier molecular flexibility index (Phi) is 9.18. The van der Waals surface area contributed by atoms with E-state index in [1.807, 2.05) is 54.6 Å². The number of alkyl halides is 2. The van der Waals surface area contributed by atoms with Gasteiger partial charge < -0.3 is 14.2 Å². The molecule has 0 radical (unpaired) electrons. The highest BCUT2D eigenvalue weighted by Gasteiger charge is 2.41. The summed E-state index contributed by atoms with van der Waals surface area (Å²) in [5.41, 5.74) is 1.82. The van der Waals surface area contributed by atoms with Crippen LogP contribution in [0.2, 0.25) is 0 Å². The lowest BCUT2D eigenvalue weighted by atomic mass is 9.92. The lowest BCUT2D eigenvalue weighted by Crippen LogP contribution is -2.44. The molecule has 1 saturated heterocycles. The zero-order valence-corrected chi connectivity index (χ0v) is 18.5. The average Bonchev–Trinajstić information content (AvgIpc) is 2.81. The Morgan fingerprint density at radius 2 is 1.58 bits per heavy atom. The summed E-state index contributed by atoms with van der Waals surface area (Å²) in [4.78, 5) is 33.8. The van der Waals surface area contributed by atoms with Crippen molar-refractivity contribution in [2.45, 2.75) is 25.8 Å². The molecule has 0 spiro atoms. The number of carbonyl (C=O) groups is 3. The number of benzene rings is 2. The molecular formula is C23H24Cl2O6. The van der Waals surface area contributed by atoms with Crippen LogP contribution in [-0.2, 0) is 42.7 Å². The Morgan fingerprint density at radius 1 is 1.00 bits per heavy atom. The minimum atomic E-state index is -1.13. The van der Waals surface area contributed by atoms with Crippen molar-refractivity contribution in [1.82, 2.24) is 0 Å². The fraction of sp³-hybridized carbons (Fsp3) is 0.348. The number of halogens is 2. The highest BCUT2D eigenvalue weighted by molar-refractivity contribution is 6.27. The topological polar surface area (TPSA) is 78.9 Å². The molecule has 166 valence electrons. The highest BCUT2D eigenvalue weighted by Crippen LogP contribution is 2.24. The van der Waals surface area contributed by atoms with E-state index in [-0.39, 0.29) is 32.0 Å². The molecule has 8 heteroatoms. The van der Waals surface area contributed by atoms with E-state index in [0.717, 1.165) is 16.7 Å². The highest BCUT2D eigenvalue weighted by atomic mass is 35.5. The normalized spacial score (nSPS) is 15.8. The molecule has 1 fully saturated rings. The number of hydrogen-bond acceptors (Lipinski definition) is 6. The minimum absolute atomic E-state index is 0.0319. The first-order valence-corrected chi connectivity index (χ1v) is 10.4. The first kappa shape index (κ1) is 23.1. The third-order valence-electron chi connectivity index (χ3n) is 4.40. The summed E-state index contributed by atoms with van der Waals surface area (Å²) < 4.78 is 21.6. The van der Waals surface area contributed by atoms with Gasteiger partial charge in [0.1, 0.15) is 25.2 Å². The summed E-state index contributed by atoms with van der Waals surface area (Å²) in [6, 6.07) is 16.7. The van der Waals surface area contributed by atoms with E-state index in [2.05, 4.69) is 0 Å². The van der Waals surface area contributed by atoms with E-state index in [4.69, 9.17) is 38.8 Å². The maximum atomic E-state index is 12.0. The molecule has 0 aliphatic carbocycles. The summed E-state index contributed by atoms with van der Waals surface area (Å²) >= 11 is 11.0. The van der Waals surface area contributed by atoms with E-state index < -0.39 is 23.4 Å². The van der Waals surface area contributed by atoms with Crippen molar-refractivity contribution in [2.24, 2.45) is 5.41 Å². The van der Waals surface area contributed by atoms with Gasteiger partial charge >= 0.3 is 12.1 Å². The van der Waals surface area contributed by atoms with Crippen LogP contribution in [0.15, 0.2) is 54.6 Å². The number of Topliss-reactive ketones (excluding diaryl/α,β-unsaturated/α-hetero) is 1. The zero-order chi connectivity index (χ0) is 23.6. The Hall–Kier alpha value is -2.57. The third kappa shape index (κ3) is 8.23. The Balaban J connectivity index is 0.000000258. The van der Waals surface area contributed by atoms with E-state index in [0.29, 0.717) is 5.88 Å². The monoisotopic (exact) mass is 468 g/mol. The summed E-state index contributed by atoms with van der Waals surface area (Å²) in [6.45, 7) is 1.73. The van der Waals surface area contributed by atoms with Gasteiger partial charge in [-0.2, -0.15) is 0 Å². The lowest BCUT2D eigenvalue weighted by Gasteiger charge is -2.29. The molecule has 31 heavy (non-hydrogen) atoms. The summed E-state index contributed by atoms with van der Waals surface area (Å²) in [5.74, 6) is -1.40. The molecule has 1 aliphatic rings. The Bertz CT molecular complexity index is 892. The van der Waals surface area contributed by atoms with E-state index in [1.165, 1.54) is 0 Å². The molecule has 1 heterocycles. The molecule has 3 rings (SSSR count). The van der Waals surface area contributed by atoms with Crippen LogP contribution >= 0.6 is 23.2 Å². The van der Waals surface area contributed by atoms with Gasteiger partial charge in [0.25, 0.3) is 0 Å². The van der Waals surface area contributed by atoms with Crippen LogP contribution in [-0.4, -0.2) is 37.0 Å². The smallest absolute Gasteiger partial charge is 0.460 e. The number of cyclic esters (lactones) is 2. The van der Waals surface area contributed by atoms with Crippen molar-refractivity contribution in [3.05, 3.63) is 71.3 Å². The number of carbonyl (C=O) groups excluding carboxylic acids is 3. The predicted molar refractivity (Wildman–Crippen MR) is 117 cm³/mol. The van der Waals surface area contributed by atoms with Gasteiger partial charge in [0.2, 0.25) is 0 Å². The molecular weight excluding hydrogens is 443 g/mol. The van der Waals surface area contributed by atoms with Gasteiger partial charge in [0.15, 0.2) is 5.78 Å². The van der Waals surface area contributed by atoms with Crippen LogP contribution in [0.25, 0.3) is 0 Å². The van der Waals surface area contributed by atoms with Crippen LogP contribution in [0.4, 0.5) is 4.79 Å². The van der Waals surface area contributed by atoms with Gasteiger partial charge in [-0.3, -0.25) is 9.59 Å². The molecule has 1 atom stereocenters. The van der Waals surface area contributed by atoms with Crippen molar-refractivity contribution in [1.29, 1.82) is 0 Å². The van der Waals surface area contributed by atoms with Crippen molar-refractivity contribution >= 4 is 41.1 Å². The van der Waals surface area contributed by atoms with Crippen LogP contribution in [0, 0.1) is 5.41 Å². The van der Waals surface area contributed by atoms with Gasteiger partial charge in [-0.25, -0.2) is 4.79 Å². The zero-order valence-electron chi connectivity index (χ0n) is 18.0. The molecule has 1 unspecified atom stereocenters. The molecule has 0 bridgehead atoms. The van der Waals surface area contributed by atoms with E-state index >= 15 is 0 Å². The van der Waals surface area contributed by atoms with Gasteiger partial charge in [0, 0.05) is 12.3 Å². The van der Waals surface area contributed by atoms with Crippen LogP contribution in [0.1, 0.15) is 25.0 Å². The SMILES string of the molecule is CC1(C(=O)OCc2ccc(CCl)cc2)COC(=O)OC1.[3H]C(Cl)C(=O)Cc1ccccc1. The third-order valence-corrected chi connectivity index (χ3v) is 4.95. The van der Waals surface area contributed by atoms with Crippen molar-refractivity contribution < 1.29 is 30.0 Å².